The zero-order valence-electron chi connectivity index (χ0n) is 17.0. The Morgan fingerprint density at radius 3 is 2.48 bits per heavy atom. The van der Waals surface area contributed by atoms with Crippen LogP contribution in [0.25, 0.3) is 0 Å². The molecule has 27 heavy (non-hydrogen) atoms. The largest absolute Gasteiger partial charge is 0.345 e. The average Bonchev–Trinajstić information content (AvgIpc) is 2.59. The number of unbranched alkanes of at least 4 members (excludes halogenated alkanes) is 2. The predicted molar refractivity (Wildman–Crippen MR) is 108 cm³/mol. The number of aryl methyl sites for hydroxylation is 1. The van der Waals surface area contributed by atoms with E-state index >= 15 is 0 Å². The van der Waals surface area contributed by atoms with Crippen LogP contribution in [0.2, 0.25) is 0 Å². The lowest BCUT2D eigenvalue weighted by Gasteiger charge is -2.24. The minimum absolute atomic E-state index is 0.00323. The Balaban J connectivity index is 2.47. The summed E-state index contributed by atoms with van der Waals surface area (Å²) in [6.45, 7) is 8.46. The Bertz CT molecular complexity index is 629. The molecule has 0 atom stereocenters. The molecule has 0 aromatic heterocycles. The molecule has 0 bridgehead atoms. The van der Waals surface area contributed by atoms with Gasteiger partial charge in [-0.2, -0.15) is 0 Å². The van der Waals surface area contributed by atoms with E-state index in [1.807, 2.05) is 39.0 Å². The van der Waals surface area contributed by atoms with E-state index in [2.05, 4.69) is 17.6 Å². The van der Waals surface area contributed by atoms with Gasteiger partial charge < -0.3 is 15.5 Å². The number of hydrogen-bond acceptors (Lipinski definition) is 3. The second-order valence-corrected chi connectivity index (χ2v) is 7.32. The molecule has 0 aliphatic heterocycles. The summed E-state index contributed by atoms with van der Waals surface area (Å²) < 4.78 is 0. The zero-order chi connectivity index (χ0) is 20.2. The summed E-state index contributed by atoms with van der Waals surface area (Å²) in [5.41, 5.74) is 1.74. The summed E-state index contributed by atoms with van der Waals surface area (Å²) >= 11 is 0. The highest BCUT2D eigenvalue weighted by molar-refractivity contribution is 5.95. The van der Waals surface area contributed by atoms with Gasteiger partial charge in [0.05, 0.1) is 13.1 Å². The first kappa shape index (κ1) is 22.7. The standard InChI is InChI=1S/C21H33N3O3/c1-5-6-7-11-21(27)24(14-16(2)3)15-20(26)22-13-19(25)23-18-10-8-9-17(4)12-18/h8-10,12,16H,5-7,11,13-15H2,1-4H3,(H,22,26)(H,23,25). The van der Waals surface area contributed by atoms with Crippen molar-refractivity contribution in [3.63, 3.8) is 0 Å². The summed E-state index contributed by atoms with van der Waals surface area (Å²) in [4.78, 5) is 38.1. The molecule has 1 aromatic rings. The fraction of sp³-hybridized carbons (Fsp3) is 0.571. The van der Waals surface area contributed by atoms with Crippen LogP contribution in [0.5, 0.6) is 0 Å². The van der Waals surface area contributed by atoms with Gasteiger partial charge in [-0.05, 0) is 37.0 Å². The molecular formula is C21H33N3O3. The topological polar surface area (TPSA) is 78.5 Å². The highest BCUT2D eigenvalue weighted by Gasteiger charge is 2.18. The number of amides is 3. The summed E-state index contributed by atoms with van der Waals surface area (Å²) in [5.74, 6) is -0.341. The summed E-state index contributed by atoms with van der Waals surface area (Å²) in [7, 11) is 0. The number of rotatable bonds is 11. The van der Waals surface area contributed by atoms with Gasteiger partial charge in [-0.1, -0.05) is 45.7 Å². The van der Waals surface area contributed by atoms with Crippen molar-refractivity contribution in [2.75, 3.05) is 25.0 Å². The molecule has 2 N–H and O–H groups in total. The Morgan fingerprint density at radius 1 is 1.11 bits per heavy atom. The van der Waals surface area contributed by atoms with E-state index in [9.17, 15) is 14.4 Å². The first-order valence-electron chi connectivity index (χ1n) is 9.72. The number of nitrogens with zero attached hydrogens (tertiary/aromatic N) is 1. The lowest BCUT2D eigenvalue weighted by atomic mass is 10.1. The number of hydrogen-bond donors (Lipinski definition) is 2. The zero-order valence-corrected chi connectivity index (χ0v) is 17.0. The van der Waals surface area contributed by atoms with Crippen molar-refractivity contribution < 1.29 is 14.4 Å². The molecule has 0 aliphatic carbocycles. The average molecular weight is 376 g/mol. The Morgan fingerprint density at radius 2 is 1.85 bits per heavy atom. The highest BCUT2D eigenvalue weighted by atomic mass is 16.2. The molecule has 0 radical (unpaired) electrons. The fourth-order valence-corrected chi connectivity index (χ4v) is 2.72. The van der Waals surface area contributed by atoms with Crippen LogP contribution in [-0.4, -0.2) is 42.3 Å². The molecular weight excluding hydrogens is 342 g/mol. The molecule has 0 saturated heterocycles. The minimum atomic E-state index is -0.320. The summed E-state index contributed by atoms with van der Waals surface area (Å²) in [6.07, 6.45) is 3.35. The van der Waals surface area contributed by atoms with E-state index in [0.29, 0.717) is 18.7 Å². The van der Waals surface area contributed by atoms with E-state index in [1.54, 1.807) is 11.0 Å². The molecule has 0 saturated carbocycles. The van der Waals surface area contributed by atoms with E-state index in [0.717, 1.165) is 24.8 Å². The maximum atomic E-state index is 12.4. The van der Waals surface area contributed by atoms with Gasteiger partial charge in [-0.15, -0.1) is 0 Å². The van der Waals surface area contributed by atoms with Crippen LogP contribution < -0.4 is 10.6 Å². The van der Waals surface area contributed by atoms with Crippen molar-refractivity contribution in [2.45, 2.75) is 53.4 Å². The maximum Gasteiger partial charge on any atom is 0.243 e. The van der Waals surface area contributed by atoms with Crippen LogP contribution in [-0.2, 0) is 14.4 Å². The lowest BCUT2D eigenvalue weighted by Crippen LogP contribution is -2.44. The van der Waals surface area contributed by atoms with Gasteiger partial charge in [0.2, 0.25) is 17.7 Å². The molecule has 1 aromatic carbocycles. The molecule has 3 amide bonds. The Kier molecular flexibility index (Phi) is 10.2. The summed E-state index contributed by atoms with van der Waals surface area (Å²) in [6, 6.07) is 7.46. The maximum absolute atomic E-state index is 12.4. The summed E-state index contributed by atoms with van der Waals surface area (Å²) in [5, 5.41) is 5.34. The molecule has 1 rings (SSSR count). The molecule has 6 nitrogen and oxygen atoms in total. The molecule has 0 spiro atoms. The van der Waals surface area contributed by atoms with E-state index in [-0.39, 0.29) is 36.7 Å². The van der Waals surface area contributed by atoms with E-state index in [1.165, 1.54) is 0 Å². The Hall–Kier alpha value is -2.37. The number of anilines is 1. The fourth-order valence-electron chi connectivity index (χ4n) is 2.72. The second kappa shape index (κ2) is 12.1. The van der Waals surface area contributed by atoms with Gasteiger partial charge in [0, 0.05) is 18.7 Å². The predicted octanol–water partition coefficient (Wildman–Crippen LogP) is 3.11. The molecule has 0 heterocycles. The first-order chi connectivity index (χ1) is 12.8. The van der Waals surface area contributed by atoms with Gasteiger partial charge in [0.25, 0.3) is 0 Å². The van der Waals surface area contributed by atoms with Crippen molar-refractivity contribution in [1.29, 1.82) is 0 Å². The van der Waals surface area contributed by atoms with Gasteiger partial charge >= 0.3 is 0 Å². The number of carbonyl (C=O) groups excluding carboxylic acids is 3. The molecule has 150 valence electrons. The minimum Gasteiger partial charge on any atom is -0.345 e. The number of nitrogens with one attached hydrogen (secondary N) is 2. The normalized spacial score (nSPS) is 10.6. The smallest absolute Gasteiger partial charge is 0.243 e. The second-order valence-electron chi connectivity index (χ2n) is 7.32. The van der Waals surface area contributed by atoms with E-state index < -0.39 is 0 Å². The molecule has 6 heteroatoms. The third-order valence-corrected chi connectivity index (χ3v) is 4.01. The van der Waals surface area contributed by atoms with E-state index in [4.69, 9.17) is 0 Å². The SMILES string of the molecule is CCCCCC(=O)N(CC(=O)NCC(=O)Nc1cccc(C)c1)CC(C)C. The van der Waals surface area contributed by atoms with Crippen molar-refractivity contribution in [2.24, 2.45) is 5.92 Å². The van der Waals surface area contributed by atoms with Crippen LogP contribution in [0.3, 0.4) is 0 Å². The van der Waals surface area contributed by atoms with Crippen LogP contribution >= 0.6 is 0 Å². The molecule has 0 fully saturated rings. The Labute approximate surface area is 162 Å². The monoisotopic (exact) mass is 375 g/mol. The number of carbonyl (C=O) groups is 3. The molecule has 0 unspecified atom stereocenters. The lowest BCUT2D eigenvalue weighted by molar-refractivity contribution is -0.136. The van der Waals surface area contributed by atoms with Gasteiger partial charge in [-0.25, -0.2) is 0 Å². The van der Waals surface area contributed by atoms with Crippen molar-refractivity contribution >= 4 is 23.4 Å². The van der Waals surface area contributed by atoms with Crippen molar-refractivity contribution in [3.8, 4) is 0 Å². The third-order valence-electron chi connectivity index (χ3n) is 4.01. The van der Waals surface area contributed by atoms with Crippen LogP contribution in [0.15, 0.2) is 24.3 Å². The van der Waals surface area contributed by atoms with Gasteiger partial charge in [0.1, 0.15) is 0 Å². The molecule has 0 aliphatic rings. The van der Waals surface area contributed by atoms with Crippen molar-refractivity contribution in [1.82, 2.24) is 10.2 Å². The van der Waals surface area contributed by atoms with Crippen LogP contribution in [0, 0.1) is 12.8 Å². The van der Waals surface area contributed by atoms with Gasteiger partial charge in [-0.3, -0.25) is 14.4 Å². The first-order valence-corrected chi connectivity index (χ1v) is 9.72. The van der Waals surface area contributed by atoms with Crippen LogP contribution in [0.4, 0.5) is 5.69 Å². The number of benzene rings is 1. The quantitative estimate of drug-likeness (QED) is 0.583. The van der Waals surface area contributed by atoms with Gasteiger partial charge in [0.15, 0.2) is 0 Å². The van der Waals surface area contributed by atoms with Crippen molar-refractivity contribution in [3.05, 3.63) is 29.8 Å². The third kappa shape index (κ3) is 9.78. The van der Waals surface area contributed by atoms with Crippen LogP contribution in [0.1, 0.15) is 52.0 Å². The highest BCUT2D eigenvalue weighted by Crippen LogP contribution is 2.09.